The molecule has 0 aromatic heterocycles. The SMILES string of the molecule is CC[C@@H](NC(=O)C1(C(C)C)CCNC1)C(=O)O. The van der Waals surface area contributed by atoms with Crippen LogP contribution in [0.2, 0.25) is 0 Å². The second kappa shape index (κ2) is 5.49. The average Bonchev–Trinajstić information content (AvgIpc) is 2.75. The lowest BCUT2D eigenvalue weighted by Gasteiger charge is -2.32. The molecule has 5 nitrogen and oxygen atoms in total. The third-order valence-electron chi connectivity index (χ3n) is 3.76. The second-order valence-corrected chi connectivity index (χ2v) is 5.01. The molecule has 0 aliphatic carbocycles. The highest BCUT2D eigenvalue weighted by Gasteiger charge is 2.44. The van der Waals surface area contributed by atoms with E-state index in [4.69, 9.17) is 5.11 Å². The summed E-state index contributed by atoms with van der Waals surface area (Å²) in [7, 11) is 0. The van der Waals surface area contributed by atoms with Crippen molar-refractivity contribution in [2.45, 2.75) is 39.7 Å². The van der Waals surface area contributed by atoms with Gasteiger partial charge in [-0.15, -0.1) is 0 Å². The van der Waals surface area contributed by atoms with E-state index in [2.05, 4.69) is 10.6 Å². The number of nitrogens with one attached hydrogen (secondary N) is 2. The summed E-state index contributed by atoms with van der Waals surface area (Å²) in [5.74, 6) is -0.902. The van der Waals surface area contributed by atoms with Crippen LogP contribution in [0.25, 0.3) is 0 Å². The summed E-state index contributed by atoms with van der Waals surface area (Å²) >= 11 is 0. The lowest BCUT2D eigenvalue weighted by Crippen LogP contribution is -2.51. The fourth-order valence-electron chi connectivity index (χ4n) is 2.30. The molecule has 98 valence electrons. The first kappa shape index (κ1) is 14.0. The first-order valence-electron chi connectivity index (χ1n) is 6.18. The van der Waals surface area contributed by atoms with Gasteiger partial charge in [0.05, 0.1) is 5.41 Å². The predicted octanol–water partition coefficient (Wildman–Crippen LogP) is 0.601. The third-order valence-corrected chi connectivity index (χ3v) is 3.76. The van der Waals surface area contributed by atoms with Crippen molar-refractivity contribution in [1.82, 2.24) is 10.6 Å². The summed E-state index contributed by atoms with van der Waals surface area (Å²) in [5, 5.41) is 14.8. The van der Waals surface area contributed by atoms with Crippen LogP contribution >= 0.6 is 0 Å². The van der Waals surface area contributed by atoms with Crippen LogP contribution in [0.5, 0.6) is 0 Å². The molecule has 2 atom stereocenters. The maximum absolute atomic E-state index is 12.3. The van der Waals surface area contributed by atoms with E-state index in [1.165, 1.54) is 0 Å². The number of carbonyl (C=O) groups excluding carboxylic acids is 1. The minimum absolute atomic E-state index is 0.133. The average molecular weight is 242 g/mol. The molecule has 1 rings (SSSR count). The quantitative estimate of drug-likeness (QED) is 0.659. The van der Waals surface area contributed by atoms with E-state index in [9.17, 15) is 9.59 Å². The molecule has 5 heteroatoms. The maximum atomic E-state index is 12.3. The molecule has 3 N–H and O–H groups in total. The highest BCUT2D eigenvalue weighted by Crippen LogP contribution is 2.34. The van der Waals surface area contributed by atoms with Crippen LogP contribution in [0, 0.1) is 11.3 Å². The minimum atomic E-state index is -0.967. The van der Waals surface area contributed by atoms with Gasteiger partial charge in [0.2, 0.25) is 5.91 Å². The Balaban J connectivity index is 2.76. The van der Waals surface area contributed by atoms with Crippen LogP contribution in [-0.4, -0.2) is 36.1 Å². The van der Waals surface area contributed by atoms with E-state index in [0.717, 1.165) is 13.0 Å². The van der Waals surface area contributed by atoms with Crippen molar-refractivity contribution in [3.63, 3.8) is 0 Å². The van der Waals surface area contributed by atoms with Gasteiger partial charge in [-0.1, -0.05) is 20.8 Å². The van der Waals surface area contributed by atoms with Crippen molar-refractivity contribution in [1.29, 1.82) is 0 Å². The normalized spacial score (nSPS) is 25.9. The molecule has 1 unspecified atom stereocenters. The number of carbonyl (C=O) groups is 2. The van der Waals surface area contributed by atoms with E-state index in [1.54, 1.807) is 6.92 Å². The van der Waals surface area contributed by atoms with Gasteiger partial charge in [0.1, 0.15) is 6.04 Å². The van der Waals surface area contributed by atoms with Crippen LogP contribution in [0.15, 0.2) is 0 Å². The molecule has 0 bridgehead atoms. The van der Waals surface area contributed by atoms with Crippen molar-refractivity contribution < 1.29 is 14.7 Å². The van der Waals surface area contributed by atoms with Crippen molar-refractivity contribution in [3.05, 3.63) is 0 Å². The van der Waals surface area contributed by atoms with Gasteiger partial charge < -0.3 is 15.7 Å². The number of hydrogen-bond donors (Lipinski definition) is 3. The summed E-state index contributed by atoms with van der Waals surface area (Å²) < 4.78 is 0. The molecular weight excluding hydrogens is 220 g/mol. The van der Waals surface area contributed by atoms with E-state index >= 15 is 0 Å². The number of rotatable bonds is 5. The first-order chi connectivity index (χ1) is 7.94. The predicted molar refractivity (Wildman–Crippen MR) is 64.6 cm³/mol. The molecule has 0 saturated carbocycles. The standard InChI is InChI=1S/C12H22N2O3/c1-4-9(10(15)16)14-11(17)12(8(2)3)5-6-13-7-12/h8-9,13H,4-7H2,1-3H3,(H,14,17)(H,15,16)/t9-,12?/m1/s1. The lowest BCUT2D eigenvalue weighted by atomic mass is 9.75. The first-order valence-corrected chi connectivity index (χ1v) is 6.18. The summed E-state index contributed by atoms with van der Waals surface area (Å²) in [4.78, 5) is 23.2. The number of hydrogen-bond acceptors (Lipinski definition) is 3. The van der Waals surface area contributed by atoms with Gasteiger partial charge in [0, 0.05) is 6.54 Å². The maximum Gasteiger partial charge on any atom is 0.326 e. The Hall–Kier alpha value is -1.10. The van der Waals surface area contributed by atoms with Gasteiger partial charge in [0.25, 0.3) is 0 Å². The molecule has 1 amide bonds. The van der Waals surface area contributed by atoms with Crippen molar-refractivity contribution in [2.24, 2.45) is 11.3 Å². The van der Waals surface area contributed by atoms with Gasteiger partial charge in [-0.3, -0.25) is 4.79 Å². The van der Waals surface area contributed by atoms with Crippen molar-refractivity contribution in [2.75, 3.05) is 13.1 Å². The van der Waals surface area contributed by atoms with Gasteiger partial charge in [0.15, 0.2) is 0 Å². The van der Waals surface area contributed by atoms with E-state index < -0.39 is 17.4 Å². The Morgan fingerprint density at radius 1 is 1.47 bits per heavy atom. The zero-order valence-electron chi connectivity index (χ0n) is 10.7. The highest BCUT2D eigenvalue weighted by atomic mass is 16.4. The summed E-state index contributed by atoms with van der Waals surface area (Å²) in [6, 6.07) is -0.779. The largest absolute Gasteiger partial charge is 0.480 e. The second-order valence-electron chi connectivity index (χ2n) is 5.01. The lowest BCUT2D eigenvalue weighted by molar-refractivity contribution is -0.144. The zero-order chi connectivity index (χ0) is 13.1. The van der Waals surface area contributed by atoms with Crippen molar-refractivity contribution >= 4 is 11.9 Å². The third kappa shape index (κ3) is 2.77. The Kier molecular flexibility index (Phi) is 4.51. The highest BCUT2D eigenvalue weighted by molar-refractivity contribution is 5.88. The molecule has 0 spiro atoms. The fourth-order valence-corrected chi connectivity index (χ4v) is 2.30. The number of amides is 1. The number of carboxylic acid groups (broad SMARTS) is 1. The molecule has 1 saturated heterocycles. The topological polar surface area (TPSA) is 78.4 Å². The summed E-state index contributed by atoms with van der Waals surface area (Å²) in [6.07, 6.45) is 1.18. The molecule has 0 aromatic carbocycles. The molecule has 0 radical (unpaired) electrons. The van der Waals surface area contributed by atoms with E-state index in [0.29, 0.717) is 13.0 Å². The molecule has 1 heterocycles. The number of aliphatic carboxylic acids is 1. The van der Waals surface area contributed by atoms with E-state index in [-0.39, 0.29) is 11.8 Å². The van der Waals surface area contributed by atoms with Gasteiger partial charge in [-0.05, 0) is 25.3 Å². The molecular formula is C12H22N2O3. The van der Waals surface area contributed by atoms with Crippen molar-refractivity contribution in [3.8, 4) is 0 Å². The van der Waals surface area contributed by atoms with Gasteiger partial charge in [-0.2, -0.15) is 0 Å². The van der Waals surface area contributed by atoms with Gasteiger partial charge >= 0.3 is 5.97 Å². The Morgan fingerprint density at radius 3 is 2.47 bits per heavy atom. The van der Waals surface area contributed by atoms with Crippen LogP contribution in [0.3, 0.4) is 0 Å². The van der Waals surface area contributed by atoms with E-state index in [1.807, 2.05) is 13.8 Å². The molecule has 1 aliphatic rings. The fraction of sp³-hybridized carbons (Fsp3) is 0.833. The van der Waals surface area contributed by atoms with Crippen LogP contribution in [-0.2, 0) is 9.59 Å². The zero-order valence-corrected chi connectivity index (χ0v) is 10.7. The Labute approximate surface area is 102 Å². The number of carboxylic acids is 1. The Bertz CT molecular complexity index is 296. The monoisotopic (exact) mass is 242 g/mol. The smallest absolute Gasteiger partial charge is 0.326 e. The van der Waals surface area contributed by atoms with Crippen LogP contribution < -0.4 is 10.6 Å². The summed E-state index contributed by atoms with van der Waals surface area (Å²) in [6.45, 7) is 7.22. The molecule has 17 heavy (non-hydrogen) atoms. The van der Waals surface area contributed by atoms with Gasteiger partial charge in [-0.25, -0.2) is 4.79 Å². The summed E-state index contributed by atoms with van der Waals surface area (Å²) in [5.41, 5.74) is -0.455. The minimum Gasteiger partial charge on any atom is -0.480 e. The Morgan fingerprint density at radius 2 is 2.12 bits per heavy atom. The molecule has 1 fully saturated rings. The van der Waals surface area contributed by atoms with Crippen LogP contribution in [0.4, 0.5) is 0 Å². The molecule has 0 aromatic rings. The van der Waals surface area contributed by atoms with Crippen LogP contribution in [0.1, 0.15) is 33.6 Å². The molecule has 1 aliphatic heterocycles.